The van der Waals surface area contributed by atoms with Crippen molar-refractivity contribution < 1.29 is 14.3 Å². The third-order valence-corrected chi connectivity index (χ3v) is 4.93. The van der Waals surface area contributed by atoms with Crippen molar-refractivity contribution in [3.8, 4) is 11.5 Å². The summed E-state index contributed by atoms with van der Waals surface area (Å²) in [6, 6.07) is 20.5. The minimum absolute atomic E-state index is 0.385. The van der Waals surface area contributed by atoms with Crippen molar-refractivity contribution in [1.82, 2.24) is 10.2 Å². The lowest BCUT2D eigenvalue weighted by Crippen LogP contribution is -2.08. The lowest BCUT2D eigenvalue weighted by atomic mass is 9.98. The smallest absolute Gasteiger partial charge is 0.343 e. The maximum absolute atomic E-state index is 12.4. The Labute approximate surface area is 160 Å². The molecule has 0 radical (unpaired) electrons. The predicted octanol–water partition coefficient (Wildman–Crippen LogP) is 5.10. The fourth-order valence-electron chi connectivity index (χ4n) is 3.57. The number of aromatic amines is 1. The van der Waals surface area contributed by atoms with E-state index < -0.39 is 0 Å². The van der Waals surface area contributed by atoms with Crippen molar-refractivity contribution in [3.05, 3.63) is 78.5 Å². The second kappa shape index (κ2) is 6.39. The van der Waals surface area contributed by atoms with E-state index in [1.807, 2.05) is 54.7 Å². The van der Waals surface area contributed by atoms with Crippen molar-refractivity contribution >= 4 is 38.4 Å². The molecule has 1 aromatic heterocycles. The summed E-state index contributed by atoms with van der Waals surface area (Å²) in [7, 11) is 1.65. The number of nitrogens with zero attached hydrogens (tertiary/aromatic N) is 1. The summed E-state index contributed by atoms with van der Waals surface area (Å²) in [5.74, 6) is 0.872. The molecule has 0 aliphatic carbocycles. The monoisotopic (exact) mass is 368 g/mol. The average molecular weight is 368 g/mol. The summed E-state index contributed by atoms with van der Waals surface area (Å²) in [6.45, 7) is 0. The second-order valence-corrected chi connectivity index (χ2v) is 6.53. The average Bonchev–Trinajstić information content (AvgIpc) is 3.24. The highest BCUT2D eigenvalue weighted by Gasteiger charge is 2.14. The summed E-state index contributed by atoms with van der Waals surface area (Å²) in [6.07, 6.45) is 1.83. The van der Waals surface area contributed by atoms with Gasteiger partial charge in [0.05, 0.1) is 24.4 Å². The molecule has 0 spiro atoms. The molecule has 5 heteroatoms. The van der Waals surface area contributed by atoms with E-state index >= 15 is 0 Å². The summed E-state index contributed by atoms with van der Waals surface area (Å²) in [4.78, 5) is 12.4. The molecule has 0 aliphatic rings. The Bertz CT molecular complexity index is 1340. The molecular formula is C23H16N2O3. The third kappa shape index (κ3) is 2.56. The number of hydrogen-bond donors (Lipinski definition) is 1. The van der Waals surface area contributed by atoms with Crippen LogP contribution in [-0.2, 0) is 0 Å². The molecule has 0 atom stereocenters. The van der Waals surface area contributed by atoms with E-state index in [0.717, 1.165) is 38.2 Å². The first-order valence-corrected chi connectivity index (χ1v) is 8.88. The second-order valence-electron chi connectivity index (χ2n) is 6.53. The van der Waals surface area contributed by atoms with E-state index in [0.29, 0.717) is 11.3 Å². The topological polar surface area (TPSA) is 64.2 Å². The minimum atomic E-state index is -0.385. The molecule has 28 heavy (non-hydrogen) atoms. The molecule has 0 bridgehead atoms. The number of H-pyrrole nitrogens is 1. The van der Waals surface area contributed by atoms with Gasteiger partial charge in [-0.25, -0.2) is 4.79 Å². The number of carbonyl (C=O) groups is 1. The third-order valence-electron chi connectivity index (χ3n) is 4.93. The highest BCUT2D eigenvalue weighted by molar-refractivity contribution is 6.24. The van der Waals surface area contributed by atoms with E-state index in [-0.39, 0.29) is 5.97 Å². The standard InChI is InChI=1S/C23H16N2O3/c1-27-15-7-9-17-19(11-15)20-12-16(28-23(26)14-5-3-2-4-6-14)8-10-18(20)22-21(17)13-24-25-22/h2-13H,1H3,(H,24,25). The van der Waals surface area contributed by atoms with Crippen LogP contribution in [0, 0.1) is 0 Å². The van der Waals surface area contributed by atoms with Crippen LogP contribution in [0.3, 0.4) is 0 Å². The molecule has 0 aliphatic heterocycles. The molecule has 1 heterocycles. The molecule has 0 fully saturated rings. The number of carbonyl (C=O) groups excluding carboxylic acids is 1. The highest BCUT2D eigenvalue weighted by Crippen LogP contribution is 2.37. The van der Waals surface area contributed by atoms with Gasteiger partial charge in [0, 0.05) is 10.8 Å². The molecule has 5 rings (SSSR count). The van der Waals surface area contributed by atoms with Gasteiger partial charge in [-0.2, -0.15) is 5.10 Å². The Morgan fingerprint density at radius 2 is 1.54 bits per heavy atom. The molecule has 5 aromatic rings. The number of ether oxygens (including phenoxy) is 2. The van der Waals surface area contributed by atoms with Gasteiger partial charge in [0.25, 0.3) is 0 Å². The van der Waals surface area contributed by atoms with Gasteiger partial charge in [-0.05, 0) is 64.7 Å². The van der Waals surface area contributed by atoms with Gasteiger partial charge in [-0.1, -0.05) is 18.2 Å². The van der Waals surface area contributed by atoms with E-state index in [4.69, 9.17) is 9.47 Å². The number of methoxy groups -OCH3 is 1. The quantitative estimate of drug-likeness (QED) is 0.273. The summed E-state index contributed by atoms with van der Waals surface area (Å²) < 4.78 is 11.0. The van der Waals surface area contributed by atoms with Crippen LogP contribution in [0.25, 0.3) is 32.4 Å². The molecule has 0 saturated carbocycles. The number of esters is 1. The van der Waals surface area contributed by atoms with E-state index in [1.54, 1.807) is 25.3 Å². The Hall–Kier alpha value is -3.86. The SMILES string of the molecule is COc1ccc2c(c1)c1cc(OC(=O)c3ccccc3)ccc1c1[nH]ncc21. The van der Waals surface area contributed by atoms with Crippen molar-refractivity contribution in [1.29, 1.82) is 0 Å². The largest absolute Gasteiger partial charge is 0.497 e. The van der Waals surface area contributed by atoms with Crippen LogP contribution >= 0.6 is 0 Å². The number of fused-ring (bicyclic) bond motifs is 6. The lowest BCUT2D eigenvalue weighted by molar-refractivity contribution is 0.0735. The van der Waals surface area contributed by atoms with Crippen LogP contribution in [-0.4, -0.2) is 23.3 Å². The summed E-state index contributed by atoms with van der Waals surface area (Å²) >= 11 is 0. The zero-order chi connectivity index (χ0) is 19.1. The summed E-state index contributed by atoms with van der Waals surface area (Å²) in [5.41, 5.74) is 1.46. The van der Waals surface area contributed by atoms with E-state index in [1.165, 1.54) is 0 Å². The van der Waals surface area contributed by atoms with Crippen molar-refractivity contribution in [2.24, 2.45) is 0 Å². The highest BCUT2D eigenvalue weighted by atomic mass is 16.5. The minimum Gasteiger partial charge on any atom is -0.497 e. The van der Waals surface area contributed by atoms with Crippen molar-refractivity contribution in [2.45, 2.75) is 0 Å². The Balaban J connectivity index is 1.70. The molecule has 136 valence electrons. The van der Waals surface area contributed by atoms with Crippen LogP contribution in [0.2, 0.25) is 0 Å². The number of aromatic nitrogens is 2. The van der Waals surface area contributed by atoms with Crippen LogP contribution in [0.1, 0.15) is 10.4 Å². The number of rotatable bonds is 3. The van der Waals surface area contributed by atoms with Crippen molar-refractivity contribution in [3.63, 3.8) is 0 Å². The first-order chi connectivity index (χ1) is 13.7. The normalized spacial score (nSPS) is 11.2. The van der Waals surface area contributed by atoms with Gasteiger partial charge in [-0.15, -0.1) is 0 Å². The summed E-state index contributed by atoms with van der Waals surface area (Å²) in [5, 5.41) is 12.4. The van der Waals surface area contributed by atoms with Gasteiger partial charge >= 0.3 is 5.97 Å². The number of benzene rings is 4. The number of hydrogen-bond acceptors (Lipinski definition) is 4. The van der Waals surface area contributed by atoms with Crippen LogP contribution in [0.4, 0.5) is 0 Å². The zero-order valence-electron chi connectivity index (χ0n) is 15.1. The number of nitrogens with one attached hydrogen (secondary N) is 1. The Kier molecular flexibility index (Phi) is 3.72. The molecule has 4 aromatic carbocycles. The molecule has 5 nitrogen and oxygen atoms in total. The van der Waals surface area contributed by atoms with Crippen molar-refractivity contribution in [2.75, 3.05) is 7.11 Å². The van der Waals surface area contributed by atoms with Crippen LogP contribution in [0.5, 0.6) is 11.5 Å². The Morgan fingerprint density at radius 1 is 0.821 bits per heavy atom. The van der Waals surface area contributed by atoms with Gasteiger partial charge in [0.1, 0.15) is 11.5 Å². The Morgan fingerprint density at radius 3 is 2.36 bits per heavy atom. The van der Waals surface area contributed by atoms with Crippen LogP contribution in [0.15, 0.2) is 72.9 Å². The maximum atomic E-state index is 12.4. The fraction of sp³-hybridized carbons (Fsp3) is 0.0435. The molecular weight excluding hydrogens is 352 g/mol. The van der Waals surface area contributed by atoms with Gasteiger partial charge in [0.2, 0.25) is 0 Å². The first-order valence-electron chi connectivity index (χ1n) is 8.88. The maximum Gasteiger partial charge on any atom is 0.343 e. The predicted molar refractivity (Wildman–Crippen MR) is 109 cm³/mol. The zero-order valence-corrected chi connectivity index (χ0v) is 15.1. The molecule has 0 unspecified atom stereocenters. The van der Waals surface area contributed by atoms with Crippen LogP contribution < -0.4 is 9.47 Å². The van der Waals surface area contributed by atoms with E-state index in [9.17, 15) is 4.79 Å². The first kappa shape index (κ1) is 16.3. The molecule has 1 N–H and O–H groups in total. The molecule has 0 saturated heterocycles. The van der Waals surface area contributed by atoms with Gasteiger partial charge in [0.15, 0.2) is 0 Å². The van der Waals surface area contributed by atoms with E-state index in [2.05, 4.69) is 10.2 Å². The van der Waals surface area contributed by atoms with Gasteiger partial charge < -0.3 is 9.47 Å². The van der Waals surface area contributed by atoms with Gasteiger partial charge in [-0.3, -0.25) is 5.10 Å². The lowest BCUT2D eigenvalue weighted by Gasteiger charge is -2.10. The fourth-order valence-corrected chi connectivity index (χ4v) is 3.57. The molecule has 0 amide bonds.